The average Bonchev–Trinajstić information content (AvgIpc) is 2.82. The van der Waals surface area contributed by atoms with Crippen molar-refractivity contribution in [3.8, 4) is 11.5 Å². The summed E-state index contributed by atoms with van der Waals surface area (Å²) in [6.07, 6.45) is 0.104. The second-order valence-corrected chi connectivity index (χ2v) is 5.04. The maximum Gasteiger partial charge on any atom is 0.315 e. The molecule has 102 valence electrons. The lowest BCUT2D eigenvalue weighted by atomic mass is 9.83. The van der Waals surface area contributed by atoms with E-state index in [0.717, 1.165) is 0 Å². The van der Waals surface area contributed by atoms with Gasteiger partial charge in [0.2, 0.25) is 0 Å². The van der Waals surface area contributed by atoms with Crippen LogP contribution in [0.25, 0.3) is 0 Å². The van der Waals surface area contributed by atoms with Gasteiger partial charge in [0.1, 0.15) is 11.5 Å². The second kappa shape index (κ2) is 3.79. The van der Waals surface area contributed by atoms with Crippen LogP contribution in [0.3, 0.4) is 0 Å². The number of carbonyl (C=O) groups excluding carboxylic acids is 3. The fraction of sp³-hybridized carbons (Fsp3) is 0.0625. The van der Waals surface area contributed by atoms with Crippen molar-refractivity contribution < 1.29 is 24.2 Å². The lowest BCUT2D eigenvalue weighted by Crippen LogP contribution is -2.21. The van der Waals surface area contributed by atoms with Gasteiger partial charge in [-0.15, -0.1) is 0 Å². The Labute approximate surface area is 118 Å². The molecule has 0 fully saturated rings. The first-order valence-electron chi connectivity index (χ1n) is 6.34. The molecule has 1 aliphatic carbocycles. The van der Waals surface area contributed by atoms with Gasteiger partial charge in [-0.3, -0.25) is 14.4 Å². The Bertz CT molecular complexity index is 863. The van der Waals surface area contributed by atoms with Gasteiger partial charge in [-0.25, -0.2) is 0 Å². The van der Waals surface area contributed by atoms with Crippen LogP contribution in [0.5, 0.6) is 11.5 Å². The van der Waals surface area contributed by atoms with Crippen molar-refractivity contribution in [3.63, 3.8) is 0 Å². The first-order valence-corrected chi connectivity index (χ1v) is 6.34. The summed E-state index contributed by atoms with van der Waals surface area (Å²) >= 11 is 0. The van der Waals surface area contributed by atoms with E-state index in [1.165, 1.54) is 24.3 Å². The Hall–Kier alpha value is -2.95. The molecule has 1 heterocycles. The molecule has 4 rings (SSSR count). The molecule has 2 aromatic rings. The summed E-state index contributed by atoms with van der Waals surface area (Å²) in [4.78, 5) is 36.3. The van der Waals surface area contributed by atoms with E-state index >= 15 is 0 Å². The Balaban J connectivity index is 1.97. The molecule has 1 N–H and O–H groups in total. The summed E-state index contributed by atoms with van der Waals surface area (Å²) in [7, 11) is 0. The fourth-order valence-corrected chi connectivity index (χ4v) is 2.76. The normalized spacial score (nSPS) is 15.3. The van der Waals surface area contributed by atoms with Gasteiger partial charge < -0.3 is 9.84 Å². The molecule has 0 saturated carbocycles. The van der Waals surface area contributed by atoms with Crippen LogP contribution in [-0.4, -0.2) is 22.6 Å². The highest BCUT2D eigenvalue weighted by atomic mass is 16.5. The maximum absolute atomic E-state index is 12.5. The van der Waals surface area contributed by atoms with Gasteiger partial charge in [0.25, 0.3) is 0 Å². The van der Waals surface area contributed by atoms with E-state index in [2.05, 4.69) is 0 Å². The number of carbonyl (C=O) groups is 3. The molecule has 0 atom stereocenters. The monoisotopic (exact) mass is 280 g/mol. The van der Waals surface area contributed by atoms with Crippen LogP contribution in [0.4, 0.5) is 0 Å². The topological polar surface area (TPSA) is 80.7 Å². The molecule has 2 aromatic carbocycles. The zero-order valence-corrected chi connectivity index (χ0v) is 10.7. The summed E-state index contributed by atoms with van der Waals surface area (Å²) in [5, 5.41) is 9.50. The SMILES string of the molecule is O=C1Cc2cc3c(cc2O1)C(=O)c1cc(O)ccc1C3=O. The van der Waals surface area contributed by atoms with Crippen molar-refractivity contribution in [3.05, 3.63) is 58.1 Å². The zero-order valence-electron chi connectivity index (χ0n) is 10.7. The van der Waals surface area contributed by atoms with E-state index in [1.54, 1.807) is 6.07 Å². The zero-order chi connectivity index (χ0) is 14.7. The summed E-state index contributed by atoms with van der Waals surface area (Å²) in [6.45, 7) is 0. The number of benzene rings is 2. The molecular formula is C16H8O5. The van der Waals surface area contributed by atoms with Crippen LogP contribution in [-0.2, 0) is 11.2 Å². The first-order chi connectivity index (χ1) is 10.0. The lowest BCUT2D eigenvalue weighted by Gasteiger charge is -2.18. The van der Waals surface area contributed by atoms with Gasteiger partial charge in [0.05, 0.1) is 6.42 Å². The van der Waals surface area contributed by atoms with Crippen molar-refractivity contribution in [2.45, 2.75) is 6.42 Å². The van der Waals surface area contributed by atoms with Gasteiger partial charge in [-0.2, -0.15) is 0 Å². The van der Waals surface area contributed by atoms with Gasteiger partial charge in [-0.05, 0) is 30.3 Å². The number of hydrogen-bond donors (Lipinski definition) is 1. The van der Waals surface area contributed by atoms with Crippen LogP contribution in [0, 0.1) is 0 Å². The van der Waals surface area contributed by atoms with Gasteiger partial charge in [0, 0.05) is 27.8 Å². The highest BCUT2D eigenvalue weighted by Crippen LogP contribution is 2.35. The van der Waals surface area contributed by atoms with Crippen molar-refractivity contribution in [1.29, 1.82) is 0 Å². The number of phenols is 1. The predicted molar refractivity (Wildman–Crippen MR) is 70.8 cm³/mol. The molecule has 0 aromatic heterocycles. The maximum atomic E-state index is 12.5. The predicted octanol–water partition coefficient (Wildman–Crippen LogP) is 1.63. The van der Waals surface area contributed by atoms with Gasteiger partial charge in [0.15, 0.2) is 11.6 Å². The summed E-state index contributed by atoms with van der Waals surface area (Å²) < 4.78 is 5.02. The molecule has 0 amide bonds. The number of esters is 1. The first kappa shape index (κ1) is 11.8. The number of ketones is 2. The van der Waals surface area contributed by atoms with Crippen LogP contribution in [0.1, 0.15) is 37.4 Å². The highest BCUT2D eigenvalue weighted by Gasteiger charge is 2.33. The van der Waals surface area contributed by atoms with E-state index in [-0.39, 0.29) is 46.0 Å². The van der Waals surface area contributed by atoms with Crippen molar-refractivity contribution in [2.24, 2.45) is 0 Å². The van der Waals surface area contributed by atoms with Crippen LogP contribution < -0.4 is 4.74 Å². The summed E-state index contributed by atoms with van der Waals surface area (Å²) in [5.41, 5.74) is 1.51. The average molecular weight is 280 g/mol. The summed E-state index contributed by atoms with van der Waals surface area (Å²) in [6, 6.07) is 7.06. The molecule has 0 bridgehead atoms. The fourth-order valence-electron chi connectivity index (χ4n) is 2.76. The van der Waals surface area contributed by atoms with Crippen LogP contribution in [0.2, 0.25) is 0 Å². The Morgan fingerprint density at radius 1 is 0.857 bits per heavy atom. The van der Waals surface area contributed by atoms with E-state index in [0.29, 0.717) is 11.3 Å². The molecule has 2 aliphatic rings. The largest absolute Gasteiger partial charge is 0.508 e. The Kier molecular flexibility index (Phi) is 2.14. The van der Waals surface area contributed by atoms with E-state index in [4.69, 9.17) is 4.74 Å². The number of phenolic OH excluding ortho intramolecular Hbond substituents is 1. The van der Waals surface area contributed by atoms with Crippen molar-refractivity contribution in [1.82, 2.24) is 0 Å². The standard InChI is InChI=1S/C16H8O5/c17-8-1-2-9-11(5-8)16(20)12-6-13-7(4-14(18)21-13)3-10(12)15(9)19/h1-3,5-6,17H,4H2. The Morgan fingerprint density at radius 2 is 1.52 bits per heavy atom. The Morgan fingerprint density at radius 3 is 2.33 bits per heavy atom. The van der Waals surface area contributed by atoms with Gasteiger partial charge >= 0.3 is 5.97 Å². The van der Waals surface area contributed by atoms with Crippen molar-refractivity contribution >= 4 is 17.5 Å². The number of ether oxygens (including phenoxy) is 1. The quantitative estimate of drug-likeness (QED) is 0.500. The summed E-state index contributed by atoms with van der Waals surface area (Å²) in [5.74, 6) is -0.806. The molecule has 0 unspecified atom stereocenters. The van der Waals surface area contributed by atoms with Crippen LogP contribution in [0.15, 0.2) is 30.3 Å². The third-order valence-electron chi connectivity index (χ3n) is 3.74. The number of rotatable bonds is 0. The molecule has 0 radical (unpaired) electrons. The van der Waals surface area contributed by atoms with Gasteiger partial charge in [-0.1, -0.05) is 0 Å². The minimum atomic E-state index is -0.401. The highest BCUT2D eigenvalue weighted by molar-refractivity contribution is 6.28. The minimum absolute atomic E-state index is 0.0778. The third-order valence-corrected chi connectivity index (χ3v) is 3.74. The lowest BCUT2D eigenvalue weighted by molar-refractivity contribution is -0.131. The molecular weight excluding hydrogens is 272 g/mol. The van der Waals surface area contributed by atoms with E-state index in [1.807, 2.05) is 0 Å². The molecule has 1 aliphatic heterocycles. The number of aromatic hydroxyl groups is 1. The minimum Gasteiger partial charge on any atom is -0.508 e. The number of hydrogen-bond acceptors (Lipinski definition) is 5. The smallest absolute Gasteiger partial charge is 0.315 e. The van der Waals surface area contributed by atoms with Crippen LogP contribution >= 0.6 is 0 Å². The molecule has 0 saturated heterocycles. The van der Waals surface area contributed by atoms with Crippen molar-refractivity contribution in [2.75, 3.05) is 0 Å². The van der Waals surface area contributed by atoms with E-state index in [9.17, 15) is 19.5 Å². The molecule has 0 spiro atoms. The third kappa shape index (κ3) is 1.54. The molecule has 5 heteroatoms. The molecule has 5 nitrogen and oxygen atoms in total. The van der Waals surface area contributed by atoms with E-state index < -0.39 is 5.97 Å². The second-order valence-electron chi connectivity index (χ2n) is 5.04. The number of fused-ring (bicyclic) bond motifs is 3. The molecule has 21 heavy (non-hydrogen) atoms.